The second-order valence-electron chi connectivity index (χ2n) is 2.85. The fourth-order valence-electron chi connectivity index (χ4n) is 1.25. The summed E-state index contributed by atoms with van der Waals surface area (Å²) in [4.78, 5) is 18.5. The molecule has 0 saturated heterocycles. The van der Waals surface area contributed by atoms with Gasteiger partial charge >= 0.3 is 0 Å². The number of aldehydes is 1. The van der Waals surface area contributed by atoms with Crippen molar-refractivity contribution in [1.82, 2.24) is 19.7 Å². The van der Waals surface area contributed by atoms with Crippen molar-refractivity contribution >= 4 is 6.29 Å². The summed E-state index contributed by atoms with van der Waals surface area (Å²) in [6.45, 7) is 0. The van der Waals surface area contributed by atoms with E-state index in [4.69, 9.17) is 0 Å². The smallest absolute Gasteiger partial charge is 0.170 e. The third kappa shape index (κ3) is 1.39. The zero-order valence-electron chi connectivity index (χ0n) is 7.58. The van der Waals surface area contributed by atoms with Crippen LogP contribution in [0.3, 0.4) is 0 Å². The largest absolute Gasteiger partial charge is 0.296 e. The Balaban J connectivity index is 2.56. The van der Waals surface area contributed by atoms with Crippen molar-refractivity contribution in [3.63, 3.8) is 0 Å². The molecule has 0 aromatic carbocycles. The van der Waals surface area contributed by atoms with E-state index in [0.29, 0.717) is 5.69 Å². The first-order valence-corrected chi connectivity index (χ1v) is 4.05. The van der Waals surface area contributed by atoms with Crippen LogP contribution in [0.25, 0.3) is 11.1 Å². The number of rotatable bonds is 2. The highest BCUT2D eigenvalue weighted by molar-refractivity contribution is 5.84. The molecular weight excluding hydrogens is 180 g/mol. The Morgan fingerprint density at radius 1 is 1.36 bits per heavy atom. The van der Waals surface area contributed by atoms with Crippen LogP contribution in [0, 0.1) is 0 Å². The molecule has 0 N–H and O–H groups in total. The Labute approximate surface area is 80.4 Å². The van der Waals surface area contributed by atoms with Crippen LogP contribution in [-0.4, -0.2) is 26.0 Å². The van der Waals surface area contributed by atoms with Gasteiger partial charge in [0.05, 0.1) is 0 Å². The van der Waals surface area contributed by atoms with Gasteiger partial charge in [-0.05, 0) is 0 Å². The fraction of sp³-hybridized carbons (Fsp3) is 0.111. The van der Waals surface area contributed by atoms with Gasteiger partial charge < -0.3 is 0 Å². The number of aryl methyl sites for hydroxylation is 1. The molecule has 0 fully saturated rings. The van der Waals surface area contributed by atoms with Crippen molar-refractivity contribution in [1.29, 1.82) is 0 Å². The quantitative estimate of drug-likeness (QED) is 0.650. The zero-order valence-corrected chi connectivity index (χ0v) is 7.58. The fourth-order valence-corrected chi connectivity index (χ4v) is 1.25. The molecule has 0 saturated carbocycles. The Bertz CT molecular complexity index is 449. The number of carbonyl (C=O) groups excluding carboxylic acids is 1. The molecule has 2 aromatic heterocycles. The molecule has 0 unspecified atom stereocenters. The van der Waals surface area contributed by atoms with E-state index in [9.17, 15) is 4.79 Å². The molecular formula is C9H8N4O. The first-order valence-electron chi connectivity index (χ1n) is 4.05. The van der Waals surface area contributed by atoms with Crippen molar-refractivity contribution in [2.45, 2.75) is 0 Å². The second-order valence-corrected chi connectivity index (χ2v) is 2.85. The number of nitrogens with zero attached hydrogens (tertiary/aromatic N) is 4. The molecule has 0 spiro atoms. The van der Waals surface area contributed by atoms with Crippen LogP contribution < -0.4 is 0 Å². The minimum atomic E-state index is 0.405. The number of hydrogen-bond donors (Lipinski definition) is 0. The molecule has 0 bridgehead atoms. The van der Waals surface area contributed by atoms with Crippen LogP contribution >= 0.6 is 0 Å². The van der Waals surface area contributed by atoms with E-state index in [1.165, 1.54) is 6.33 Å². The summed E-state index contributed by atoms with van der Waals surface area (Å²) in [7, 11) is 1.76. The van der Waals surface area contributed by atoms with Crippen molar-refractivity contribution in [3.8, 4) is 11.1 Å². The maximum atomic E-state index is 10.7. The number of aromatic nitrogens is 4. The Morgan fingerprint density at radius 2 is 2.07 bits per heavy atom. The Morgan fingerprint density at radius 3 is 2.71 bits per heavy atom. The van der Waals surface area contributed by atoms with E-state index in [1.54, 1.807) is 30.3 Å². The van der Waals surface area contributed by atoms with Gasteiger partial charge in [-0.3, -0.25) is 9.48 Å². The van der Waals surface area contributed by atoms with Crippen molar-refractivity contribution < 1.29 is 4.79 Å². The molecule has 2 rings (SSSR count). The zero-order chi connectivity index (χ0) is 9.97. The third-order valence-electron chi connectivity index (χ3n) is 1.84. The van der Waals surface area contributed by atoms with Crippen molar-refractivity contribution in [3.05, 3.63) is 30.6 Å². The molecule has 0 aliphatic heterocycles. The lowest BCUT2D eigenvalue weighted by molar-refractivity contribution is 0.111. The SMILES string of the molecule is Cn1cc(-c2cncnc2)c(C=O)n1. The van der Waals surface area contributed by atoms with Gasteiger partial charge in [0, 0.05) is 36.8 Å². The summed E-state index contributed by atoms with van der Waals surface area (Å²) < 4.78 is 1.59. The van der Waals surface area contributed by atoms with Gasteiger partial charge in [0.25, 0.3) is 0 Å². The molecule has 14 heavy (non-hydrogen) atoms. The van der Waals surface area contributed by atoms with Crippen LogP contribution in [0.15, 0.2) is 24.9 Å². The highest BCUT2D eigenvalue weighted by Crippen LogP contribution is 2.19. The predicted octanol–water partition coefficient (Wildman–Crippen LogP) is 0.690. The van der Waals surface area contributed by atoms with Gasteiger partial charge in [-0.2, -0.15) is 5.10 Å². The third-order valence-corrected chi connectivity index (χ3v) is 1.84. The van der Waals surface area contributed by atoms with Crippen molar-refractivity contribution in [2.24, 2.45) is 7.05 Å². The van der Waals surface area contributed by atoms with Gasteiger partial charge in [0.15, 0.2) is 6.29 Å². The summed E-state index contributed by atoms with van der Waals surface area (Å²) in [5, 5.41) is 4.00. The molecule has 0 radical (unpaired) electrons. The summed E-state index contributed by atoms with van der Waals surface area (Å²) in [5.41, 5.74) is 1.95. The molecule has 5 nitrogen and oxygen atoms in total. The maximum absolute atomic E-state index is 10.7. The van der Waals surface area contributed by atoms with Gasteiger partial charge in [-0.25, -0.2) is 9.97 Å². The van der Waals surface area contributed by atoms with Crippen LogP contribution in [0.2, 0.25) is 0 Å². The second kappa shape index (κ2) is 3.37. The lowest BCUT2D eigenvalue weighted by Gasteiger charge is -1.94. The first kappa shape index (κ1) is 8.55. The first-order chi connectivity index (χ1) is 6.81. The highest BCUT2D eigenvalue weighted by Gasteiger charge is 2.08. The molecule has 0 amide bonds. The van der Waals surface area contributed by atoms with E-state index >= 15 is 0 Å². The van der Waals surface area contributed by atoms with Crippen LogP contribution in [0.4, 0.5) is 0 Å². The average molecular weight is 188 g/mol. The average Bonchev–Trinajstić information content (AvgIpc) is 2.61. The lowest BCUT2D eigenvalue weighted by atomic mass is 10.1. The monoisotopic (exact) mass is 188 g/mol. The van der Waals surface area contributed by atoms with E-state index in [-0.39, 0.29) is 0 Å². The molecule has 2 heterocycles. The normalized spacial score (nSPS) is 10.1. The lowest BCUT2D eigenvalue weighted by Crippen LogP contribution is -1.89. The Kier molecular flexibility index (Phi) is 2.06. The van der Waals surface area contributed by atoms with Crippen LogP contribution in [0.5, 0.6) is 0 Å². The van der Waals surface area contributed by atoms with E-state index in [0.717, 1.165) is 17.4 Å². The minimum absolute atomic E-state index is 0.405. The maximum Gasteiger partial charge on any atom is 0.170 e. The number of hydrogen-bond acceptors (Lipinski definition) is 4. The van der Waals surface area contributed by atoms with Gasteiger partial charge in [0.1, 0.15) is 12.0 Å². The molecule has 0 aliphatic rings. The summed E-state index contributed by atoms with van der Waals surface area (Å²) in [5.74, 6) is 0. The summed E-state index contributed by atoms with van der Waals surface area (Å²) >= 11 is 0. The summed E-state index contributed by atoms with van der Waals surface area (Å²) in [6, 6.07) is 0. The minimum Gasteiger partial charge on any atom is -0.296 e. The van der Waals surface area contributed by atoms with Crippen molar-refractivity contribution in [2.75, 3.05) is 0 Å². The van der Waals surface area contributed by atoms with E-state index in [2.05, 4.69) is 15.1 Å². The predicted molar refractivity (Wildman–Crippen MR) is 49.6 cm³/mol. The Hall–Kier alpha value is -2.04. The van der Waals surface area contributed by atoms with Gasteiger partial charge in [-0.15, -0.1) is 0 Å². The van der Waals surface area contributed by atoms with Gasteiger partial charge in [-0.1, -0.05) is 0 Å². The van der Waals surface area contributed by atoms with Crippen LogP contribution in [0.1, 0.15) is 10.5 Å². The molecule has 2 aromatic rings. The molecule has 0 atom stereocenters. The topological polar surface area (TPSA) is 60.7 Å². The highest BCUT2D eigenvalue weighted by atomic mass is 16.1. The van der Waals surface area contributed by atoms with Crippen LogP contribution in [-0.2, 0) is 7.05 Å². The molecule has 0 aliphatic carbocycles. The standard InChI is InChI=1S/C9H8N4O/c1-13-4-8(9(5-14)12-13)7-2-10-6-11-3-7/h2-6H,1H3. The van der Waals surface area contributed by atoms with Gasteiger partial charge in [0.2, 0.25) is 0 Å². The molecule has 5 heteroatoms. The van der Waals surface area contributed by atoms with E-state index in [1.807, 2.05) is 0 Å². The summed E-state index contributed by atoms with van der Waals surface area (Å²) in [6.07, 6.45) is 7.24. The molecule has 70 valence electrons. The van der Waals surface area contributed by atoms with E-state index < -0.39 is 0 Å². The number of carbonyl (C=O) groups is 1.